The summed E-state index contributed by atoms with van der Waals surface area (Å²) >= 11 is 12.2. The molecule has 0 unspecified atom stereocenters. The maximum Gasteiger partial charge on any atom is 0.323 e. The van der Waals surface area contributed by atoms with Crippen LogP contribution in [0.3, 0.4) is 0 Å². The van der Waals surface area contributed by atoms with Gasteiger partial charge in [0.05, 0.1) is 21.4 Å². The molecule has 1 saturated carbocycles. The number of nitrogens with zero attached hydrogens (tertiary/aromatic N) is 3. The number of nitrogens with one attached hydrogen (secondary N) is 3. The molecule has 0 aliphatic heterocycles. The van der Waals surface area contributed by atoms with Crippen molar-refractivity contribution < 1.29 is 9.59 Å². The van der Waals surface area contributed by atoms with Gasteiger partial charge in [0.2, 0.25) is 0 Å². The number of anilines is 2. The Balaban J connectivity index is 1.40. The summed E-state index contributed by atoms with van der Waals surface area (Å²) in [5, 5.41) is 12.9. The van der Waals surface area contributed by atoms with E-state index in [1.165, 1.54) is 23.1 Å². The maximum absolute atomic E-state index is 12.9. The fourth-order valence-electron chi connectivity index (χ4n) is 3.95. The number of hydrogen-bond acceptors (Lipinski definition) is 5. The molecular formula is C28H24Cl2N6O3. The van der Waals surface area contributed by atoms with Gasteiger partial charge in [-0.15, -0.1) is 0 Å². The van der Waals surface area contributed by atoms with Crippen molar-refractivity contribution in [1.29, 1.82) is 0 Å². The number of urea groups is 1. The van der Waals surface area contributed by atoms with Crippen molar-refractivity contribution >= 4 is 46.5 Å². The minimum absolute atomic E-state index is 0.0390. The van der Waals surface area contributed by atoms with Crippen LogP contribution in [-0.4, -0.2) is 32.7 Å². The minimum Gasteiger partial charge on any atom is -0.349 e. The summed E-state index contributed by atoms with van der Waals surface area (Å²) in [6.07, 6.45) is 4.76. The monoisotopic (exact) mass is 562 g/mol. The molecule has 1 aliphatic carbocycles. The lowest BCUT2D eigenvalue weighted by molar-refractivity contribution is 0.0951. The first kappa shape index (κ1) is 26.4. The smallest absolute Gasteiger partial charge is 0.323 e. The fourth-order valence-corrected chi connectivity index (χ4v) is 4.41. The van der Waals surface area contributed by atoms with E-state index < -0.39 is 11.6 Å². The van der Waals surface area contributed by atoms with E-state index in [2.05, 4.69) is 26.0 Å². The number of amides is 3. The molecule has 0 atom stereocenters. The van der Waals surface area contributed by atoms with E-state index in [9.17, 15) is 14.4 Å². The van der Waals surface area contributed by atoms with Gasteiger partial charge < -0.3 is 16.0 Å². The number of aryl methyl sites for hydroxylation is 1. The highest BCUT2D eigenvalue weighted by Crippen LogP contribution is 2.29. The van der Waals surface area contributed by atoms with Crippen LogP contribution in [0.15, 0.2) is 71.8 Å². The Morgan fingerprint density at radius 2 is 1.64 bits per heavy atom. The van der Waals surface area contributed by atoms with Crippen LogP contribution in [0.4, 0.5) is 16.2 Å². The minimum atomic E-state index is -0.693. The van der Waals surface area contributed by atoms with Gasteiger partial charge in [-0.3, -0.25) is 14.6 Å². The van der Waals surface area contributed by atoms with E-state index >= 15 is 0 Å². The van der Waals surface area contributed by atoms with E-state index in [0.29, 0.717) is 23.8 Å². The Hall–Kier alpha value is -4.21. The lowest BCUT2D eigenvalue weighted by atomic mass is 10.0. The summed E-state index contributed by atoms with van der Waals surface area (Å²) in [6.45, 7) is 2.09. The molecule has 0 bridgehead atoms. The number of carbonyl (C=O) groups excluding carboxylic acids is 2. The van der Waals surface area contributed by atoms with Crippen LogP contribution in [0.25, 0.3) is 22.4 Å². The standard InChI is InChI=1S/C28H24Cl2N6O3/c1-2-36-27(38)24(33-28(39)34-25-21(29)14-31-15-22(25)30)13-23(35-36)19-5-3-4-18(12-19)16-6-8-17(9-7-16)26(37)32-20-10-11-20/h3-9,12-15,20H,2,10-11H2,1H3,(H,32,37)(H2,31,33,34,39). The Kier molecular flexibility index (Phi) is 7.63. The highest BCUT2D eigenvalue weighted by Gasteiger charge is 2.23. The quantitative estimate of drug-likeness (QED) is 0.261. The normalized spacial score (nSPS) is 12.6. The summed E-state index contributed by atoms with van der Waals surface area (Å²) < 4.78 is 1.28. The van der Waals surface area contributed by atoms with Crippen LogP contribution in [0.5, 0.6) is 0 Å². The van der Waals surface area contributed by atoms with Crippen molar-refractivity contribution in [3.8, 4) is 22.4 Å². The van der Waals surface area contributed by atoms with Crippen molar-refractivity contribution in [2.75, 3.05) is 10.6 Å². The average Bonchev–Trinajstić information content (AvgIpc) is 3.76. The van der Waals surface area contributed by atoms with Gasteiger partial charge in [0.25, 0.3) is 11.5 Å². The highest BCUT2D eigenvalue weighted by atomic mass is 35.5. The van der Waals surface area contributed by atoms with E-state index in [4.69, 9.17) is 23.2 Å². The molecule has 0 radical (unpaired) electrons. The predicted molar refractivity (Wildman–Crippen MR) is 152 cm³/mol. The second-order valence-electron chi connectivity index (χ2n) is 9.03. The zero-order valence-electron chi connectivity index (χ0n) is 20.9. The molecule has 9 nitrogen and oxygen atoms in total. The largest absolute Gasteiger partial charge is 0.349 e. The van der Waals surface area contributed by atoms with Gasteiger partial charge in [0.15, 0.2) is 0 Å². The summed E-state index contributed by atoms with van der Waals surface area (Å²) in [7, 11) is 0. The predicted octanol–water partition coefficient (Wildman–Crippen LogP) is 5.84. The number of aromatic nitrogens is 3. The van der Waals surface area contributed by atoms with Gasteiger partial charge in [0.1, 0.15) is 5.69 Å². The highest BCUT2D eigenvalue weighted by molar-refractivity contribution is 6.39. The third kappa shape index (κ3) is 6.10. The van der Waals surface area contributed by atoms with Crippen LogP contribution in [0.2, 0.25) is 10.0 Å². The average molecular weight is 563 g/mol. The van der Waals surface area contributed by atoms with Gasteiger partial charge >= 0.3 is 6.03 Å². The van der Waals surface area contributed by atoms with E-state index in [0.717, 1.165) is 29.5 Å². The Morgan fingerprint density at radius 1 is 0.949 bits per heavy atom. The molecule has 1 aliphatic rings. The SMILES string of the molecule is CCn1nc(-c2cccc(-c3ccc(C(=O)NC4CC4)cc3)c2)cc(NC(=O)Nc2c(Cl)cncc2Cl)c1=O. The van der Waals surface area contributed by atoms with E-state index in [1.54, 1.807) is 19.1 Å². The molecule has 0 saturated heterocycles. The third-order valence-corrected chi connectivity index (χ3v) is 6.74. The first-order chi connectivity index (χ1) is 18.8. The zero-order valence-corrected chi connectivity index (χ0v) is 22.4. The van der Waals surface area contributed by atoms with Crippen LogP contribution in [-0.2, 0) is 6.54 Å². The fraction of sp³-hybridized carbons (Fsp3) is 0.179. The molecule has 2 heterocycles. The molecule has 1 fully saturated rings. The first-order valence-electron chi connectivity index (χ1n) is 12.3. The summed E-state index contributed by atoms with van der Waals surface area (Å²) in [6, 6.07) is 16.2. The van der Waals surface area contributed by atoms with Gasteiger partial charge in [-0.05, 0) is 55.2 Å². The van der Waals surface area contributed by atoms with Crippen molar-refractivity contribution in [2.24, 2.45) is 0 Å². The van der Waals surface area contributed by atoms with Crippen molar-refractivity contribution in [3.05, 3.63) is 93.0 Å². The summed E-state index contributed by atoms with van der Waals surface area (Å²) in [5.41, 5.74) is 3.44. The molecule has 0 spiro atoms. The number of hydrogen-bond donors (Lipinski definition) is 3. The van der Waals surface area contributed by atoms with Crippen LogP contribution >= 0.6 is 23.2 Å². The lowest BCUT2D eigenvalue weighted by Crippen LogP contribution is -2.29. The summed E-state index contributed by atoms with van der Waals surface area (Å²) in [5.74, 6) is -0.0682. The van der Waals surface area contributed by atoms with Crippen molar-refractivity contribution in [2.45, 2.75) is 32.4 Å². The van der Waals surface area contributed by atoms with Gasteiger partial charge in [-0.2, -0.15) is 5.10 Å². The molecule has 3 N–H and O–H groups in total. The molecule has 39 heavy (non-hydrogen) atoms. The van der Waals surface area contributed by atoms with E-state index in [-0.39, 0.29) is 27.3 Å². The molecule has 11 heteroatoms. The molecule has 4 aromatic rings. The molecule has 2 aromatic heterocycles. The second-order valence-corrected chi connectivity index (χ2v) is 9.84. The molecule has 198 valence electrons. The Morgan fingerprint density at radius 3 is 2.31 bits per heavy atom. The lowest BCUT2D eigenvalue weighted by Gasteiger charge is -2.13. The molecule has 3 amide bonds. The first-order valence-corrected chi connectivity index (χ1v) is 13.1. The second kappa shape index (κ2) is 11.3. The van der Waals surface area contributed by atoms with Gasteiger partial charge in [-0.25, -0.2) is 9.48 Å². The third-order valence-electron chi connectivity index (χ3n) is 6.17. The van der Waals surface area contributed by atoms with Crippen LogP contribution < -0.4 is 21.5 Å². The topological polar surface area (TPSA) is 118 Å². The zero-order chi connectivity index (χ0) is 27.5. The van der Waals surface area contributed by atoms with Crippen molar-refractivity contribution in [3.63, 3.8) is 0 Å². The van der Waals surface area contributed by atoms with Crippen molar-refractivity contribution in [1.82, 2.24) is 20.1 Å². The number of halogens is 2. The Labute approximate surface area is 234 Å². The number of benzene rings is 2. The number of rotatable bonds is 7. The Bertz CT molecular complexity index is 1600. The number of pyridine rings is 1. The maximum atomic E-state index is 12.9. The van der Waals surface area contributed by atoms with Gasteiger partial charge in [-0.1, -0.05) is 53.5 Å². The number of carbonyl (C=O) groups is 2. The summed E-state index contributed by atoms with van der Waals surface area (Å²) in [4.78, 5) is 41.8. The molecule has 2 aromatic carbocycles. The van der Waals surface area contributed by atoms with Gasteiger partial charge in [0, 0.05) is 36.1 Å². The van der Waals surface area contributed by atoms with Crippen LogP contribution in [0.1, 0.15) is 30.1 Å². The molecule has 5 rings (SSSR count). The molecular weight excluding hydrogens is 539 g/mol. The van der Waals surface area contributed by atoms with Crippen LogP contribution in [0, 0.1) is 0 Å². The van der Waals surface area contributed by atoms with E-state index in [1.807, 2.05) is 36.4 Å².